The highest BCUT2D eigenvalue weighted by Gasteiger charge is 2.59. The molecule has 3 heterocycles. The number of nitrogens with zero attached hydrogens (tertiary/aromatic N) is 4. The summed E-state index contributed by atoms with van der Waals surface area (Å²) in [7, 11) is 0. The first-order valence-corrected chi connectivity index (χ1v) is 12.9. The van der Waals surface area contributed by atoms with Crippen LogP contribution in [0.2, 0.25) is 5.02 Å². The Labute approximate surface area is 219 Å². The fourth-order valence-corrected chi connectivity index (χ4v) is 6.02. The molecular weight excluding hydrogens is 534 g/mol. The van der Waals surface area contributed by atoms with Gasteiger partial charge in [-0.3, -0.25) is 15.1 Å². The van der Waals surface area contributed by atoms with Crippen molar-refractivity contribution >= 4 is 29.3 Å². The highest BCUT2D eigenvalue weighted by molar-refractivity contribution is 7.99. The van der Waals surface area contributed by atoms with Crippen LogP contribution in [0.15, 0.2) is 35.6 Å². The van der Waals surface area contributed by atoms with Gasteiger partial charge < -0.3 is 10.0 Å². The van der Waals surface area contributed by atoms with Crippen molar-refractivity contribution in [3.63, 3.8) is 0 Å². The molecule has 5 rings (SSSR count). The predicted octanol–water partition coefficient (Wildman–Crippen LogP) is 4.05. The molecule has 1 unspecified atom stereocenters. The molecule has 196 valence electrons. The summed E-state index contributed by atoms with van der Waals surface area (Å²) in [5, 5.41) is 23.5. The summed E-state index contributed by atoms with van der Waals surface area (Å²) in [4.78, 5) is 23.3. The highest BCUT2D eigenvalue weighted by atomic mass is 35.5. The van der Waals surface area contributed by atoms with Crippen LogP contribution in [0, 0.1) is 17.1 Å². The normalized spacial score (nSPS) is 24.4. The van der Waals surface area contributed by atoms with Gasteiger partial charge in [-0.15, -0.1) is 11.8 Å². The molecular formula is C24H22ClF4N5O2S. The molecule has 2 saturated carbocycles. The number of amides is 1. The number of pyridine rings is 2. The first kappa shape index (κ1) is 26.2. The highest BCUT2D eigenvalue weighted by Crippen LogP contribution is 2.51. The first-order valence-electron chi connectivity index (χ1n) is 11.7. The number of hydrogen-bond acceptors (Lipinski definition) is 7. The minimum atomic E-state index is -4.50. The van der Waals surface area contributed by atoms with Gasteiger partial charge in [-0.25, -0.2) is 9.37 Å². The smallest absolute Gasteiger partial charge is 0.376 e. The molecule has 1 amide bonds. The maximum atomic E-state index is 14.7. The SMILES string of the molecule is N#CC1(NC(O)[C@@H]2C[C@@H](Sc3ccc(C(F)(F)F)cn3)CN2C(=O)C2(c3ncc(Cl)cc3F)CC2)CC1. The minimum absolute atomic E-state index is 0.000652. The van der Waals surface area contributed by atoms with Gasteiger partial charge in [0.15, 0.2) is 0 Å². The van der Waals surface area contributed by atoms with Gasteiger partial charge in [0.05, 0.1) is 38.8 Å². The molecule has 2 N–H and O–H groups in total. The molecule has 3 atom stereocenters. The topological polar surface area (TPSA) is 102 Å². The summed E-state index contributed by atoms with van der Waals surface area (Å²) in [5.41, 5.74) is -2.89. The maximum Gasteiger partial charge on any atom is 0.417 e. The van der Waals surface area contributed by atoms with Crippen molar-refractivity contribution in [2.24, 2.45) is 0 Å². The molecule has 0 aromatic carbocycles. The van der Waals surface area contributed by atoms with Crippen LogP contribution in [-0.2, 0) is 16.4 Å². The summed E-state index contributed by atoms with van der Waals surface area (Å²) in [6.45, 7) is 0.159. The van der Waals surface area contributed by atoms with E-state index >= 15 is 0 Å². The number of alkyl halides is 3. The fraction of sp³-hybridized carbons (Fsp3) is 0.500. The number of aliphatic hydroxyl groups excluding tert-OH is 1. The first-order chi connectivity index (χ1) is 17.5. The molecule has 1 aliphatic heterocycles. The van der Waals surface area contributed by atoms with Crippen molar-refractivity contribution in [2.45, 2.75) is 71.8 Å². The second-order valence-corrected chi connectivity index (χ2v) is 11.5. The summed E-state index contributed by atoms with van der Waals surface area (Å²) >= 11 is 7.04. The van der Waals surface area contributed by atoms with Gasteiger partial charge in [0.25, 0.3) is 0 Å². The molecule has 2 aromatic rings. The Kier molecular flexibility index (Phi) is 6.63. The number of rotatable bonds is 7. The van der Waals surface area contributed by atoms with E-state index in [1.165, 1.54) is 28.9 Å². The zero-order valence-electron chi connectivity index (χ0n) is 19.3. The van der Waals surface area contributed by atoms with Crippen LogP contribution in [0.4, 0.5) is 17.6 Å². The molecule has 2 aliphatic carbocycles. The van der Waals surface area contributed by atoms with Gasteiger partial charge in [0.2, 0.25) is 5.91 Å². The zero-order valence-corrected chi connectivity index (χ0v) is 20.9. The Morgan fingerprint density at radius 2 is 2.00 bits per heavy atom. The lowest BCUT2D eigenvalue weighted by Gasteiger charge is -2.32. The lowest BCUT2D eigenvalue weighted by atomic mass is 9.98. The fourth-order valence-electron chi connectivity index (χ4n) is 4.74. The van der Waals surface area contributed by atoms with E-state index in [0.29, 0.717) is 37.1 Å². The van der Waals surface area contributed by atoms with E-state index in [1.807, 2.05) is 0 Å². The summed E-state index contributed by atoms with van der Waals surface area (Å²) in [6.07, 6.45) is -1.50. The Bertz CT molecular complexity index is 1250. The average molecular weight is 556 g/mol. The van der Waals surface area contributed by atoms with E-state index < -0.39 is 46.7 Å². The number of carbonyl (C=O) groups excluding carboxylic acids is 1. The Balaban J connectivity index is 1.38. The summed E-state index contributed by atoms with van der Waals surface area (Å²) in [5.74, 6) is -1.08. The van der Waals surface area contributed by atoms with Crippen LogP contribution < -0.4 is 5.32 Å². The minimum Gasteiger partial charge on any atom is -0.376 e. The van der Waals surface area contributed by atoms with Crippen molar-refractivity contribution in [3.8, 4) is 6.07 Å². The van der Waals surface area contributed by atoms with E-state index in [9.17, 15) is 32.7 Å². The lowest BCUT2D eigenvalue weighted by Crippen LogP contribution is -2.54. The van der Waals surface area contributed by atoms with Gasteiger partial charge in [0, 0.05) is 24.2 Å². The molecule has 1 saturated heterocycles. The Hall–Kier alpha value is -2.46. The van der Waals surface area contributed by atoms with Crippen LogP contribution in [0.25, 0.3) is 0 Å². The monoisotopic (exact) mass is 555 g/mol. The van der Waals surface area contributed by atoms with Crippen molar-refractivity contribution < 1.29 is 27.5 Å². The van der Waals surface area contributed by atoms with Gasteiger partial charge in [-0.1, -0.05) is 11.6 Å². The number of thioether (sulfide) groups is 1. The number of hydrogen-bond donors (Lipinski definition) is 2. The van der Waals surface area contributed by atoms with E-state index in [-0.39, 0.29) is 22.5 Å². The summed E-state index contributed by atoms with van der Waals surface area (Å²) in [6, 6.07) is 4.73. The number of likely N-dealkylation sites (tertiary alicyclic amines) is 1. The molecule has 7 nitrogen and oxygen atoms in total. The summed E-state index contributed by atoms with van der Waals surface area (Å²) < 4.78 is 53.4. The number of nitriles is 1. The predicted molar refractivity (Wildman–Crippen MR) is 126 cm³/mol. The molecule has 2 aromatic heterocycles. The molecule has 3 fully saturated rings. The van der Waals surface area contributed by atoms with Gasteiger partial charge in [0.1, 0.15) is 17.6 Å². The average Bonchev–Trinajstić information content (AvgIpc) is 3.76. The van der Waals surface area contributed by atoms with E-state index in [1.54, 1.807) is 0 Å². The second-order valence-electron chi connectivity index (χ2n) is 9.73. The third-order valence-electron chi connectivity index (χ3n) is 7.09. The van der Waals surface area contributed by atoms with Crippen molar-refractivity contribution in [3.05, 3.63) is 52.7 Å². The third-order valence-corrected chi connectivity index (χ3v) is 8.45. The lowest BCUT2D eigenvalue weighted by molar-refractivity contribution is -0.138. The number of carbonyl (C=O) groups is 1. The van der Waals surface area contributed by atoms with Crippen LogP contribution >= 0.6 is 23.4 Å². The van der Waals surface area contributed by atoms with Crippen LogP contribution in [0.1, 0.15) is 43.4 Å². The number of halogens is 5. The quantitative estimate of drug-likeness (QED) is 0.393. The van der Waals surface area contributed by atoms with Crippen LogP contribution in [-0.4, -0.2) is 55.5 Å². The Morgan fingerprint density at radius 1 is 1.27 bits per heavy atom. The van der Waals surface area contributed by atoms with E-state index in [0.717, 1.165) is 18.3 Å². The zero-order chi connectivity index (χ0) is 26.6. The van der Waals surface area contributed by atoms with Crippen molar-refractivity contribution in [1.29, 1.82) is 5.26 Å². The second kappa shape index (κ2) is 9.38. The molecule has 0 bridgehead atoms. The molecule has 0 spiro atoms. The number of aliphatic hydroxyl groups is 1. The third kappa shape index (κ3) is 5.14. The molecule has 37 heavy (non-hydrogen) atoms. The van der Waals surface area contributed by atoms with Crippen molar-refractivity contribution in [1.82, 2.24) is 20.2 Å². The Morgan fingerprint density at radius 3 is 2.54 bits per heavy atom. The maximum absolute atomic E-state index is 14.7. The van der Waals surface area contributed by atoms with E-state index in [4.69, 9.17) is 11.6 Å². The standard InChI is InChI=1S/C24H22ClF4N5O2S/c25-14-7-16(26)19(32-10-14)23(5-6-23)21(36)34-11-15(8-17(34)20(35)33-22(12-30)3-4-22)37-18-2-1-13(9-31-18)24(27,28)29/h1-2,7,9-10,15,17,20,33,35H,3-6,8,11H2/t15-,17+,20?/m1/s1. The van der Waals surface area contributed by atoms with E-state index in [2.05, 4.69) is 21.4 Å². The molecule has 0 radical (unpaired) electrons. The van der Waals surface area contributed by atoms with Crippen molar-refractivity contribution in [2.75, 3.05) is 6.54 Å². The van der Waals surface area contributed by atoms with Gasteiger partial charge >= 0.3 is 6.18 Å². The van der Waals surface area contributed by atoms with Gasteiger partial charge in [-0.05, 0) is 50.3 Å². The largest absolute Gasteiger partial charge is 0.417 e. The number of nitrogens with one attached hydrogen (secondary N) is 1. The molecule has 13 heteroatoms. The van der Waals surface area contributed by atoms with Crippen LogP contribution in [0.3, 0.4) is 0 Å². The van der Waals surface area contributed by atoms with Crippen LogP contribution in [0.5, 0.6) is 0 Å². The van der Waals surface area contributed by atoms with Gasteiger partial charge in [-0.2, -0.15) is 18.4 Å². The molecule has 3 aliphatic rings. The number of aromatic nitrogens is 2.